The van der Waals surface area contributed by atoms with Crippen LogP contribution >= 0.6 is 0 Å². The van der Waals surface area contributed by atoms with E-state index in [1.54, 1.807) is 9.80 Å². The lowest BCUT2D eigenvalue weighted by molar-refractivity contribution is -0.121. The molecule has 6 heteroatoms. The molecule has 1 heterocycles. The van der Waals surface area contributed by atoms with Crippen LogP contribution in [-0.2, 0) is 4.79 Å². The Balaban J connectivity index is 1.74. The molecule has 1 fully saturated rings. The Morgan fingerprint density at radius 2 is 1.84 bits per heavy atom. The maximum atomic E-state index is 12.5. The van der Waals surface area contributed by atoms with Gasteiger partial charge in [0.05, 0.1) is 0 Å². The van der Waals surface area contributed by atoms with Crippen LogP contribution in [0.15, 0.2) is 24.3 Å². The van der Waals surface area contributed by atoms with Crippen molar-refractivity contribution in [2.24, 2.45) is 0 Å². The SMILES string of the molecule is CCN(CC)CCCNC(=O)CN1CCN(c2ccc(C)cc2)C1=O. The summed E-state index contributed by atoms with van der Waals surface area (Å²) in [6.45, 7) is 11.3. The molecule has 138 valence electrons. The van der Waals surface area contributed by atoms with Gasteiger partial charge in [0.2, 0.25) is 5.91 Å². The molecular formula is C19H30N4O2. The summed E-state index contributed by atoms with van der Waals surface area (Å²) in [5.41, 5.74) is 2.05. The lowest BCUT2D eigenvalue weighted by atomic mass is 10.2. The monoisotopic (exact) mass is 346 g/mol. The molecule has 0 unspecified atom stereocenters. The van der Waals surface area contributed by atoms with E-state index in [4.69, 9.17) is 0 Å². The van der Waals surface area contributed by atoms with E-state index in [1.807, 2.05) is 31.2 Å². The Hall–Kier alpha value is -2.08. The van der Waals surface area contributed by atoms with E-state index in [0.29, 0.717) is 19.6 Å². The third kappa shape index (κ3) is 5.46. The highest BCUT2D eigenvalue weighted by molar-refractivity contribution is 5.96. The molecule has 1 aliphatic rings. The summed E-state index contributed by atoms with van der Waals surface area (Å²) in [6, 6.07) is 7.79. The second-order valence-electron chi connectivity index (χ2n) is 6.42. The third-order valence-corrected chi connectivity index (χ3v) is 4.64. The van der Waals surface area contributed by atoms with Crippen LogP contribution in [0.4, 0.5) is 10.5 Å². The first-order chi connectivity index (χ1) is 12.0. The van der Waals surface area contributed by atoms with E-state index in [-0.39, 0.29) is 18.5 Å². The molecule has 25 heavy (non-hydrogen) atoms. The largest absolute Gasteiger partial charge is 0.355 e. The van der Waals surface area contributed by atoms with Crippen LogP contribution in [-0.4, -0.2) is 67.6 Å². The normalized spacial score (nSPS) is 14.5. The average Bonchev–Trinajstić information content (AvgIpc) is 2.96. The first kappa shape index (κ1) is 19.2. The van der Waals surface area contributed by atoms with Crippen molar-refractivity contribution in [2.45, 2.75) is 27.2 Å². The summed E-state index contributed by atoms with van der Waals surface area (Å²) >= 11 is 0. The first-order valence-corrected chi connectivity index (χ1v) is 9.17. The Labute approximate surface area is 150 Å². The summed E-state index contributed by atoms with van der Waals surface area (Å²) < 4.78 is 0. The summed E-state index contributed by atoms with van der Waals surface area (Å²) in [7, 11) is 0. The van der Waals surface area contributed by atoms with E-state index >= 15 is 0 Å². The van der Waals surface area contributed by atoms with Gasteiger partial charge < -0.3 is 15.1 Å². The van der Waals surface area contributed by atoms with Crippen molar-refractivity contribution in [3.8, 4) is 0 Å². The van der Waals surface area contributed by atoms with E-state index in [0.717, 1.165) is 37.3 Å². The number of hydrogen-bond donors (Lipinski definition) is 1. The second kappa shape index (κ2) is 9.42. The van der Waals surface area contributed by atoms with Gasteiger partial charge in [0.15, 0.2) is 0 Å². The van der Waals surface area contributed by atoms with Crippen LogP contribution in [0.2, 0.25) is 0 Å². The van der Waals surface area contributed by atoms with Crippen LogP contribution < -0.4 is 10.2 Å². The molecule has 1 aliphatic heterocycles. The van der Waals surface area contributed by atoms with Crippen molar-refractivity contribution in [2.75, 3.05) is 50.7 Å². The van der Waals surface area contributed by atoms with Crippen LogP contribution in [0, 0.1) is 6.92 Å². The summed E-state index contributed by atoms with van der Waals surface area (Å²) in [5, 5.41) is 2.92. The molecular weight excluding hydrogens is 316 g/mol. The highest BCUT2D eigenvalue weighted by Crippen LogP contribution is 2.20. The van der Waals surface area contributed by atoms with Gasteiger partial charge in [-0.05, 0) is 45.1 Å². The molecule has 0 saturated carbocycles. The Kier molecular flexibility index (Phi) is 7.25. The maximum Gasteiger partial charge on any atom is 0.325 e. The number of amides is 3. The smallest absolute Gasteiger partial charge is 0.325 e. The van der Waals surface area contributed by atoms with Gasteiger partial charge in [0.1, 0.15) is 6.54 Å². The van der Waals surface area contributed by atoms with Crippen molar-refractivity contribution in [1.29, 1.82) is 0 Å². The minimum Gasteiger partial charge on any atom is -0.355 e. The molecule has 0 atom stereocenters. The number of benzene rings is 1. The predicted molar refractivity (Wildman–Crippen MR) is 101 cm³/mol. The lowest BCUT2D eigenvalue weighted by Gasteiger charge is -2.19. The van der Waals surface area contributed by atoms with E-state index in [1.165, 1.54) is 0 Å². The number of aryl methyl sites for hydroxylation is 1. The molecule has 0 aliphatic carbocycles. The zero-order chi connectivity index (χ0) is 18.2. The number of rotatable bonds is 9. The highest BCUT2D eigenvalue weighted by Gasteiger charge is 2.30. The quantitative estimate of drug-likeness (QED) is 0.697. The maximum absolute atomic E-state index is 12.5. The average molecular weight is 346 g/mol. The Morgan fingerprint density at radius 1 is 1.16 bits per heavy atom. The topological polar surface area (TPSA) is 55.9 Å². The van der Waals surface area contributed by atoms with Crippen molar-refractivity contribution < 1.29 is 9.59 Å². The lowest BCUT2D eigenvalue weighted by Crippen LogP contribution is -2.40. The summed E-state index contributed by atoms with van der Waals surface area (Å²) in [4.78, 5) is 30.2. The van der Waals surface area contributed by atoms with Gasteiger partial charge in [0.25, 0.3) is 0 Å². The minimum atomic E-state index is -0.0952. The number of anilines is 1. The molecule has 0 aromatic heterocycles. The first-order valence-electron chi connectivity index (χ1n) is 9.17. The molecule has 0 spiro atoms. The number of carbonyl (C=O) groups excluding carboxylic acids is 2. The van der Waals surface area contributed by atoms with Crippen molar-refractivity contribution >= 4 is 17.6 Å². The van der Waals surface area contributed by atoms with Gasteiger partial charge >= 0.3 is 6.03 Å². The van der Waals surface area contributed by atoms with Crippen LogP contribution in [0.25, 0.3) is 0 Å². The minimum absolute atomic E-state index is 0.0846. The molecule has 6 nitrogen and oxygen atoms in total. The van der Waals surface area contributed by atoms with Crippen LogP contribution in [0.3, 0.4) is 0 Å². The van der Waals surface area contributed by atoms with Crippen molar-refractivity contribution in [3.63, 3.8) is 0 Å². The number of carbonyl (C=O) groups is 2. The molecule has 2 rings (SSSR count). The summed E-state index contributed by atoms with van der Waals surface area (Å²) in [5.74, 6) is -0.0846. The van der Waals surface area contributed by atoms with Gasteiger partial charge in [-0.2, -0.15) is 0 Å². The van der Waals surface area contributed by atoms with E-state index < -0.39 is 0 Å². The van der Waals surface area contributed by atoms with E-state index in [9.17, 15) is 9.59 Å². The molecule has 1 aromatic carbocycles. The fourth-order valence-corrected chi connectivity index (χ4v) is 2.99. The van der Waals surface area contributed by atoms with Gasteiger partial charge in [-0.15, -0.1) is 0 Å². The molecule has 3 amide bonds. The van der Waals surface area contributed by atoms with Crippen molar-refractivity contribution in [1.82, 2.24) is 15.1 Å². The predicted octanol–water partition coefficient (Wildman–Crippen LogP) is 2.09. The van der Waals surface area contributed by atoms with Gasteiger partial charge in [0, 0.05) is 25.3 Å². The second-order valence-corrected chi connectivity index (χ2v) is 6.42. The van der Waals surface area contributed by atoms with Crippen LogP contribution in [0.1, 0.15) is 25.8 Å². The standard InChI is InChI=1S/C19H30N4O2/c1-4-21(5-2)12-6-11-20-18(24)15-22-13-14-23(19(22)25)17-9-7-16(3)8-10-17/h7-10H,4-6,11-15H2,1-3H3,(H,20,24). The fraction of sp³-hybridized carbons (Fsp3) is 0.579. The zero-order valence-corrected chi connectivity index (χ0v) is 15.6. The molecule has 1 N–H and O–H groups in total. The molecule has 0 radical (unpaired) electrons. The molecule has 1 saturated heterocycles. The number of hydrogen-bond acceptors (Lipinski definition) is 3. The number of urea groups is 1. The van der Waals surface area contributed by atoms with Gasteiger partial charge in [-0.25, -0.2) is 4.79 Å². The number of nitrogens with zero attached hydrogens (tertiary/aromatic N) is 3. The third-order valence-electron chi connectivity index (χ3n) is 4.64. The molecule has 0 bridgehead atoms. The Morgan fingerprint density at radius 3 is 2.48 bits per heavy atom. The van der Waals surface area contributed by atoms with E-state index in [2.05, 4.69) is 24.1 Å². The van der Waals surface area contributed by atoms with Crippen LogP contribution in [0.5, 0.6) is 0 Å². The highest BCUT2D eigenvalue weighted by atomic mass is 16.2. The Bertz CT molecular complexity index is 569. The molecule has 1 aromatic rings. The summed E-state index contributed by atoms with van der Waals surface area (Å²) in [6.07, 6.45) is 0.927. The van der Waals surface area contributed by atoms with Gasteiger partial charge in [-0.3, -0.25) is 9.69 Å². The van der Waals surface area contributed by atoms with Gasteiger partial charge in [-0.1, -0.05) is 31.5 Å². The zero-order valence-electron chi connectivity index (χ0n) is 15.6. The number of nitrogens with one attached hydrogen (secondary N) is 1. The van der Waals surface area contributed by atoms with Crippen molar-refractivity contribution in [3.05, 3.63) is 29.8 Å². The fourth-order valence-electron chi connectivity index (χ4n) is 2.99.